The van der Waals surface area contributed by atoms with E-state index in [0.29, 0.717) is 32.6 Å². The van der Waals surface area contributed by atoms with E-state index in [1.807, 2.05) is 71.6 Å². The van der Waals surface area contributed by atoms with Crippen molar-refractivity contribution in [2.24, 2.45) is 0 Å². The lowest BCUT2D eigenvalue weighted by Gasteiger charge is -2.24. The van der Waals surface area contributed by atoms with Crippen molar-refractivity contribution in [3.63, 3.8) is 0 Å². The second kappa shape index (κ2) is 12.0. The lowest BCUT2D eigenvalue weighted by molar-refractivity contribution is -0.130. The van der Waals surface area contributed by atoms with Gasteiger partial charge in [-0.25, -0.2) is 0 Å². The molecule has 0 aliphatic carbocycles. The Balaban J connectivity index is 1.62. The maximum atomic E-state index is 12.7. The van der Waals surface area contributed by atoms with Crippen LogP contribution in [0, 0.1) is 0 Å². The van der Waals surface area contributed by atoms with Crippen LogP contribution >= 0.6 is 0 Å². The number of nitrogens with one attached hydrogen (secondary N) is 2. The Kier molecular flexibility index (Phi) is 8.82. The molecule has 0 radical (unpaired) electrons. The first kappa shape index (κ1) is 22.7. The molecule has 3 rings (SSSR count). The van der Waals surface area contributed by atoms with Gasteiger partial charge in [-0.2, -0.15) is 0 Å². The molecular formula is C25H31N3O3. The summed E-state index contributed by atoms with van der Waals surface area (Å²) in [6.45, 7) is 2.27. The summed E-state index contributed by atoms with van der Waals surface area (Å²) in [5.74, 6) is -0.428. The Morgan fingerprint density at radius 2 is 1.61 bits per heavy atom. The molecule has 0 unspecified atom stereocenters. The SMILES string of the molecule is O=C1NCCCN(C(=O)C=Cc2ccccc2)CCCCN[C@H](c2ccccc2)[C@H]1O. The van der Waals surface area contributed by atoms with Crippen LogP contribution in [0.15, 0.2) is 66.7 Å². The molecule has 31 heavy (non-hydrogen) atoms. The molecule has 1 aliphatic rings. The van der Waals surface area contributed by atoms with Crippen LogP contribution in [0.3, 0.4) is 0 Å². The van der Waals surface area contributed by atoms with Crippen LogP contribution in [0.25, 0.3) is 6.08 Å². The quantitative estimate of drug-likeness (QED) is 0.666. The van der Waals surface area contributed by atoms with Gasteiger partial charge in [0.1, 0.15) is 0 Å². The molecule has 2 amide bonds. The van der Waals surface area contributed by atoms with E-state index in [0.717, 1.165) is 24.0 Å². The molecular weight excluding hydrogens is 390 g/mol. The van der Waals surface area contributed by atoms with Crippen LogP contribution in [0.2, 0.25) is 0 Å². The lowest BCUT2D eigenvalue weighted by Crippen LogP contribution is -2.44. The Bertz CT molecular complexity index is 855. The van der Waals surface area contributed by atoms with Crippen molar-refractivity contribution >= 4 is 17.9 Å². The molecule has 0 saturated carbocycles. The zero-order valence-electron chi connectivity index (χ0n) is 17.7. The second-order valence-electron chi connectivity index (χ2n) is 7.71. The van der Waals surface area contributed by atoms with Crippen LogP contribution in [-0.2, 0) is 9.59 Å². The molecule has 1 saturated heterocycles. The molecule has 3 N–H and O–H groups in total. The average Bonchev–Trinajstić information content (AvgIpc) is 2.82. The van der Waals surface area contributed by atoms with Crippen LogP contribution < -0.4 is 10.6 Å². The average molecular weight is 422 g/mol. The van der Waals surface area contributed by atoms with E-state index in [4.69, 9.17) is 0 Å². The van der Waals surface area contributed by atoms with Crippen molar-refractivity contribution in [3.05, 3.63) is 77.9 Å². The molecule has 6 heteroatoms. The van der Waals surface area contributed by atoms with E-state index in [1.54, 1.807) is 6.08 Å². The number of rotatable bonds is 3. The van der Waals surface area contributed by atoms with E-state index in [9.17, 15) is 14.7 Å². The molecule has 6 nitrogen and oxygen atoms in total. The summed E-state index contributed by atoms with van der Waals surface area (Å²) in [4.78, 5) is 27.0. The number of aliphatic hydroxyl groups excluding tert-OH is 1. The van der Waals surface area contributed by atoms with E-state index >= 15 is 0 Å². The molecule has 0 bridgehead atoms. The van der Waals surface area contributed by atoms with Gasteiger partial charge in [0.25, 0.3) is 5.91 Å². The summed E-state index contributed by atoms with van der Waals surface area (Å²) in [5.41, 5.74) is 1.86. The normalized spacial score (nSPS) is 21.6. The highest BCUT2D eigenvalue weighted by molar-refractivity contribution is 5.91. The first-order valence-corrected chi connectivity index (χ1v) is 10.9. The van der Waals surface area contributed by atoms with Gasteiger partial charge in [-0.15, -0.1) is 0 Å². The molecule has 2 aromatic rings. The Hall–Kier alpha value is -2.96. The maximum absolute atomic E-state index is 12.7. The van der Waals surface area contributed by atoms with Gasteiger partial charge in [0.2, 0.25) is 5.91 Å². The molecule has 0 spiro atoms. The van der Waals surface area contributed by atoms with Gasteiger partial charge in [0.15, 0.2) is 6.10 Å². The summed E-state index contributed by atoms with van der Waals surface area (Å²) < 4.78 is 0. The smallest absolute Gasteiger partial charge is 0.250 e. The predicted molar refractivity (Wildman–Crippen MR) is 122 cm³/mol. The molecule has 2 aromatic carbocycles. The highest BCUT2D eigenvalue weighted by atomic mass is 16.3. The third-order valence-electron chi connectivity index (χ3n) is 5.40. The number of hydrogen-bond acceptors (Lipinski definition) is 4. The highest BCUT2D eigenvalue weighted by Crippen LogP contribution is 2.17. The standard InChI is InChI=1S/C25H31N3O3/c29-22(15-14-20-10-3-1-4-11-20)28-18-8-7-16-26-23(21-12-5-2-6-13-21)24(30)25(31)27-17-9-19-28/h1-6,10-15,23-24,26,30H,7-9,16-19H2,(H,27,31)/t23-,24-/m1/s1. The van der Waals surface area contributed by atoms with Gasteiger partial charge >= 0.3 is 0 Å². The van der Waals surface area contributed by atoms with E-state index in [2.05, 4.69) is 10.6 Å². The summed E-state index contributed by atoms with van der Waals surface area (Å²) >= 11 is 0. The summed E-state index contributed by atoms with van der Waals surface area (Å²) in [6.07, 6.45) is 4.58. The van der Waals surface area contributed by atoms with Crippen LogP contribution in [0.1, 0.15) is 36.4 Å². The van der Waals surface area contributed by atoms with Gasteiger partial charge in [0.05, 0.1) is 6.04 Å². The second-order valence-corrected chi connectivity index (χ2v) is 7.71. The molecule has 0 aromatic heterocycles. The van der Waals surface area contributed by atoms with Crippen molar-refractivity contribution in [3.8, 4) is 0 Å². The van der Waals surface area contributed by atoms with E-state index < -0.39 is 18.1 Å². The first-order chi connectivity index (χ1) is 15.1. The molecule has 1 aliphatic heterocycles. The zero-order valence-corrected chi connectivity index (χ0v) is 17.7. The van der Waals surface area contributed by atoms with E-state index in [-0.39, 0.29) is 5.91 Å². The molecule has 164 valence electrons. The lowest BCUT2D eigenvalue weighted by atomic mass is 10.0. The minimum Gasteiger partial charge on any atom is -0.381 e. The van der Waals surface area contributed by atoms with Crippen molar-refractivity contribution in [2.45, 2.75) is 31.4 Å². The predicted octanol–water partition coefficient (Wildman–Crippen LogP) is 2.52. The zero-order chi connectivity index (χ0) is 21.9. The Morgan fingerprint density at radius 3 is 2.35 bits per heavy atom. The monoisotopic (exact) mass is 421 g/mol. The number of aliphatic hydroxyl groups is 1. The summed E-state index contributed by atoms with van der Waals surface area (Å²) in [6, 6.07) is 18.8. The van der Waals surface area contributed by atoms with Crippen molar-refractivity contribution < 1.29 is 14.7 Å². The first-order valence-electron chi connectivity index (χ1n) is 10.9. The fraction of sp³-hybridized carbons (Fsp3) is 0.360. The summed E-state index contributed by atoms with van der Waals surface area (Å²) in [5, 5.41) is 16.7. The fourth-order valence-corrected chi connectivity index (χ4v) is 3.66. The number of hydrogen-bond donors (Lipinski definition) is 3. The van der Waals surface area contributed by atoms with Gasteiger partial charge in [0, 0.05) is 25.7 Å². The van der Waals surface area contributed by atoms with Gasteiger partial charge in [-0.3, -0.25) is 9.59 Å². The van der Waals surface area contributed by atoms with Gasteiger partial charge in [-0.1, -0.05) is 60.7 Å². The number of benzene rings is 2. The fourth-order valence-electron chi connectivity index (χ4n) is 3.66. The molecule has 1 fully saturated rings. The number of nitrogens with zero attached hydrogens (tertiary/aromatic N) is 1. The Morgan fingerprint density at radius 1 is 0.935 bits per heavy atom. The van der Waals surface area contributed by atoms with Crippen molar-refractivity contribution in [2.75, 3.05) is 26.2 Å². The highest BCUT2D eigenvalue weighted by Gasteiger charge is 2.27. The van der Waals surface area contributed by atoms with E-state index in [1.165, 1.54) is 0 Å². The minimum atomic E-state index is -1.17. The maximum Gasteiger partial charge on any atom is 0.250 e. The number of carbonyl (C=O) groups excluding carboxylic acids is 2. The van der Waals surface area contributed by atoms with Gasteiger partial charge < -0.3 is 20.6 Å². The molecule has 1 heterocycles. The number of carbonyl (C=O) groups is 2. The summed E-state index contributed by atoms with van der Waals surface area (Å²) in [7, 11) is 0. The topological polar surface area (TPSA) is 81.7 Å². The third kappa shape index (κ3) is 7.05. The third-order valence-corrected chi connectivity index (χ3v) is 5.40. The Labute approximate surface area is 184 Å². The van der Waals surface area contributed by atoms with Crippen molar-refractivity contribution in [1.29, 1.82) is 0 Å². The minimum absolute atomic E-state index is 0.0276. The van der Waals surface area contributed by atoms with Crippen LogP contribution in [0.4, 0.5) is 0 Å². The van der Waals surface area contributed by atoms with Crippen LogP contribution in [0.5, 0.6) is 0 Å². The number of amides is 2. The van der Waals surface area contributed by atoms with Crippen LogP contribution in [-0.4, -0.2) is 54.1 Å². The molecule has 2 atom stereocenters. The van der Waals surface area contributed by atoms with Gasteiger partial charge in [-0.05, 0) is 43.0 Å². The van der Waals surface area contributed by atoms with Crippen molar-refractivity contribution in [1.82, 2.24) is 15.5 Å². The largest absolute Gasteiger partial charge is 0.381 e.